The summed E-state index contributed by atoms with van der Waals surface area (Å²) in [6.45, 7) is 22.9. The van der Waals surface area contributed by atoms with Gasteiger partial charge in [-0.1, -0.05) is 110 Å². The molecule has 2 aliphatic heterocycles. The van der Waals surface area contributed by atoms with Crippen LogP contribution in [-0.4, -0.2) is 114 Å². The molecule has 1 N–H and O–H groups in total. The summed E-state index contributed by atoms with van der Waals surface area (Å²) in [5, 5.41) is 10.00. The minimum absolute atomic E-state index is 0. The van der Waals surface area contributed by atoms with Crippen molar-refractivity contribution in [1.29, 1.82) is 0 Å². The zero-order chi connectivity index (χ0) is 43.2. The van der Waals surface area contributed by atoms with Crippen LogP contribution in [-0.2, 0) is 45.8 Å². The molecule has 2 saturated heterocycles. The van der Waals surface area contributed by atoms with Crippen molar-refractivity contribution in [1.82, 2.24) is 9.80 Å². The maximum Gasteiger partial charge on any atom is 0.410 e. The molecule has 2 amide bonds. The standard InChI is InChI=1S/C20H33NO6SSi.C19H31NO4Si.CH2Cl2.CH4.H2/c1-20(2,3)29(5,6)27-18-12-17(15-26-28(4,23)24)21(13-18)19(22)25-14-16-10-8-7-9-11-16;1-19(2,3)25(4,5)24-17-11-16(13-21)20(12-17)18(22)23-14-15-9-7-6-8-10-15;2-1-3;;/h7-11,17-18H,12-15H2,1-6H3;6-10,16-17,21H,11-14H2,1-5H3;1H2;1H4;1H/t17-,18-;16-,17-;;;/m11.../s1. The Morgan fingerprint density at radius 3 is 1.41 bits per heavy atom. The number of amides is 2. The number of alkyl halides is 2. The van der Waals surface area contributed by atoms with Gasteiger partial charge in [-0.05, 0) is 60.2 Å². The second-order valence-corrected chi connectivity index (χ2v) is 29.4. The van der Waals surface area contributed by atoms with Gasteiger partial charge in [0.05, 0.1) is 49.1 Å². The third-order valence-electron chi connectivity index (χ3n) is 10.9. The van der Waals surface area contributed by atoms with Gasteiger partial charge in [0.25, 0.3) is 10.1 Å². The number of halogens is 2. The van der Waals surface area contributed by atoms with Crippen LogP contribution in [0.1, 0.15) is 74.4 Å². The van der Waals surface area contributed by atoms with Gasteiger partial charge in [0.1, 0.15) is 13.2 Å². The molecule has 2 heterocycles. The molecule has 2 aromatic rings. The fraction of sp³-hybridized carbons (Fsp3) is 0.659. The SMILES string of the molecule is C.CC(C)(C)[Si](C)(C)O[C@@H]1C[C@H](CO)N(C(=O)OCc2ccccc2)C1.CC(C)(C)[Si](C)(C)O[C@@H]1C[C@H](COS(C)(=O)=O)N(C(=O)OCc2ccccc2)C1.ClCCl.[HH]. The first-order chi connectivity index (χ1) is 26.3. The Labute approximate surface area is 362 Å². The number of carbonyl (C=O) groups excluding carboxylic acids is 2. The van der Waals surface area contributed by atoms with E-state index >= 15 is 0 Å². The second-order valence-electron chi connectivity index (χ2n) is 17.4. The van der Waals surface area contributed by atoms with E-state index in [1.807, 2.05) is 60.7 Å². The Hall–Kier alpha value is -2.22. The zero-order valence-corrected chi connectivity index (χ0v) is 40.0. The summed E-state index contributed by atoms with van der Waals surface area (Å²) >= 11 is 9.53. The number of ether oxygens (including phenoxy) is 2. The van der Waals surface area contributed by atoms with Crippen LogP contribution in [0.5, 0.6) is 0 Å². The molecule has 12 nitrogen and oxygen atoms in total. The molecule has 0 aromatic heterocycles. The van der Waals surface area contributed by atoms with E-state index in [1.54, 1.807) is 4.90 Å². The van der Waals surface area contributed by atoms with E-state index in [4.69, 9.17) is 45.7 Å². The number of rotatable bonds is 12. The van der Waals surface area contributed by atoms with Crippen LogP contribution in [0, 0.1) is 0 Å². The molecule has 334 valence electrons. The number of carbonyl (C=O) groups is 2. The molecule has 0 saturated carbocycles. The van der Waals surface area contributed by atoms with Gasteiger partial charge in [-0.15, -0.1) is 23.2 Å². The number of likely N-dealkylation sites (tertiary alicyclic amines) is 2. The average molecular weight is 912 g/mol. The number of nitrogens with zero attached hydrogens (tertiary/aromatic N) is 2. The number of aliphatic hydroxyl groups is 1. The fourth-order valence-corrected chi connectivity index (χ4v) is 8.81. The summed E-state index contributed by atoms with van der Waals surface area (Å²) < 4.78 is 51.6. The van der Waals surface area contributed by atoms with Crippen molar-refractivity contribution in [3.63, 3.8) is 0 Å². The number of aliphatic hydroxyl groups excluding tert-OH is 1. The number of hydrogen-bond acceptors (Lipinski definition) is 10. The van der Waals surface area contributed by atoms with Crippen LogP contribution in [0.4, 0.5) is 9.59 Å². The lowest BCUT2D eigenvalue weighted by Crippen LogP contribution is -2.45. The first-order valence-corrected chi connectivity index (χ1v) is 27.9. The third-order valence-corrected chi connectivity index (χ3v) is 20.5. The molecule has 0 unspecified atom stereocenters. The van der Waals surface area contributed by atoms with Gasteiger partial charge in [0.15, 0.2) is 16.6 Å². The summed E-state index contributed by atoms with van der Waals surface area (Å²) in [5.74, 6) is 0. The minimum Gasteiger partial charge on any atom is -0.445 e. The largest absolute Gasteiger partial charge is 0.445 e. The first kappa shape index (κ1) is 53.8. The lowest BCUT2D eigenvalue weighted by Gasteiger charge is -2.38. The Bertz CT molecular complexity index is 1640. The Balaban J connectivity index is 0.00000104. The molecule has 17 heteroatoms. The first-order valence-electron chi connectivity index (χ1n) is 19.2. The highest BCUT2D eigenvalue weighted by atomic mass is 35.5. The van der Waals surface area contributed by atoms with Crippen LogP contribution in [0.3, 0.4) is 0 Å². The Morgan fingerprint density at radius 2 is 1.09 bits per heavy atom. The van der Waals surface area contributed by atoms with E-state index in [1.165, 1.54) is 4.90 Å². The zero-order valence-electron chi connectivity index (χ0n) is 35.6. The van der Waals surface area contributed by atoms with Gasteiger partial charge in [-0.25, -0.2) is 9.59 Å². The number of hydrogen-bond donors (Lipinski definition) is 1. The molecule has 4 atom stereocenters. The molecular formula is C41H72Cl2N2O10SSi2. The summed E-state index contributed by atoms with van der Waals surface area (Å²) in [5.41, 5.74) is 1.84. The van der Waals surface area contributed by atoms with Gasteiger partial charge >= 0.3 is 12.2 Å². The topological polar surface area (TPSA) is 141 Å². The van der Waals surface area contributed by atoms with E-state index in [9.17, 15) is 23.1 Å². The van der Waals surface area contributed by atoms with Crippen LogP contribution in [0.2, 0.25) is 36.3 Å². The lowest BCUT2D eigenvalue weighted by atomic mass is 10.2. The van der Waals surface area contributed by atoms with Crippen LogP contribution >= 0.6 is 23.2 Å². The van der Waals surface area contributed by atoms with Crippen molar-refractivity contribution >= 4 is 62.1 Å². The van der Waals surface area contributed by atoms with Crippen LogP contribution in [0.25, 0.3) is 0 Å². The third kappa shape index (κ3) is 17.8. The van der Waals surface area contributed by atoms with Gasteiger partial charge in [-0.3, -0.25) is 4.18 Å². The molecule has 2 aromatic carbocycles. The van der Waals surface area contributed by atoms with Gasteiger partial charge < -0.3 is 33.2 Å². The van der Waals surface area contributed by atoms with E-state index < -0.39 is 38.9 Å². The van der Waals surface area contributed by atoms with Crippen molar-refractivity contribution in [3.8, 4) is 0 Å². The normalized spacial score (nSPS) is 19.9. The van der Waals surface area contributed by atoms with Crippen molar-refractivity contribution in [3.05, 3.63) is 71.8 Å². The number of benzene rings is 2. The summed E-state index contributed by atoms with van der Waals surface area (Å²) in [6.07, 6.45) is 1.09. The molecule has 0 spiro atoms. The van der Waals surface area contributed by atoms with Crippen LogP contribution in [0.15, 0.2) is 60.7 Å². The predicted octanol–water partition coefficient (Wildman–Crippen LogP) is 9.85. The maximum atomic E-state index is 12.7. The van der Waals surface area contributed by atoms with Gasteiger partial charge in [0.2, 0.25) is 0 Å². The predicted molar refractivity (Wildman–Crippen MR) is 241 cm³/mol. The average Bonchev–Trinajstić information content (AvgIpc) is 3.72. The molecular weight excluding hydrogens is 840 g/mol. The summed E-state index contributed by atoms with van der Waals surface area (Å²) in [7, 11) is -7.54. The lowest BCUT2D eigenvalue weighted by molar-refractivity contribution is 0.0775. The van der Waals surface area contributed by atoms with E-state index in [-0.39, 0.29) is 75.0 Å². The monoisotopic (exact) mass is 910 g/mol. The molecule has 58 heavy (non-hydrogen) atoms. The highest BCUT2D eigenvalue weighted by Gasteiger charge is 2.45. The van der Waals surface area contributed by atoms with E-state index in [0.29, 0.717) is 25.9 Å². The highest BCUT2D eigenvalue weighted by molar-refractivity contribution is 7.85. The highest BCUT2D eigenvalue weighted by Crippen LogP contribution is 2.40. The van der Waals surface area contributed by atoms with Crippen LogP contribution < -0.4 is 0 Å². The molecule has 2 fully saturated rings. The molecule has 2 aliphatic rings. The van der Waals surface area contributed by atoms with E-state index in [2.05, 4.69) is 67.7 Å². The van der Waals surface area contributed by atoms with Crippen molar-refractivity contribution in [2.24, 2.45) is 0 Å². The van der Waals surface area contributed by atoms with E-state index in [0.717, 1.165) is 17.4 Å². The molecule has 0 radical (unpaired) electrons. The van der Waals surface area contributed by atoms with Gasteiger partial charge in [0, 0.05) is 14.5 Å². The van der Waals surface area contributed by atoms with Gasteiger partial charge in [-0.2, -0.15) is 8.42 Å². The molecule has 4 rings (SSSR count). The molecule has 0 aliphatic carbocycles. The molecule has 0 bridgehead atoms. The van der Waals surface area contributed by atoms with Crippen molar-refractivity contribution in [2.45, 2.75) is 136 Å². The second kappa shape index (κ2) is 23.7. The summed E-state index contributed by atoms with van der Waals surface area (Å²) in [6, 6.07) is 18.4. The smallest absolute Gasteiger partial charge is 0.410 e. The van der Waals surface area contributed by atoms with Crippen molar-refractivity contribution in [2.75, 3.05) is 37.9 Å². The quantitative estimate of drug-likeness (QED) is 0.124. The maximum absolute atomic E-state index is 12.7. The Kier molecular flexibility index (Phi) is 22.0. The summed E-state index contributed by atoms with van der Waals surface area (Å²) in [4.78, 5) is 28.3. The van der Waals surface area contributed by atoms with Crippen molar-refractivity contribution < 1.29 is 47.0 Å². The fourth-order valence-electron chi connectivity index (χ4n) is 5.69. The Morgan fingerprint density at radius 1 is 0.741 bits per heavy atom. The minimum atomic E-state index is -3.60.